The summed E-state index contributed by atoms with van der Waals surface area (Å²) in [6.07, 6.45) is 1.39. The maximum absolute atomic E-state index is 11.6. The zero-order valence-corrected chi connectivity index (χ0v) is 6.31. The molecule has 0 aromatic carbocycles. The fourth-order valence-corrected chi connectivity index (χ4v) is 0.828. The van der Waals surface area contributed by atoms with Crippen molar-refractivity contribution in [3.8, 4) is 5.88 Å². The molecule has 0 amide bonds. The number of hydrogen-bond acceptors (Lipinski definition) is 3. The van der Waals surface area contributed by atoms with E-state index < -0.39 is 6.61 Å². The number of thiol groups is 1. The van der Waals surface area contributed by atoms with Gasteiger partial charge in [0.05, 0.1) is 6.20 Å². The van der Waals surface area contributed by atoms with Crippen LogP contribution >= 0.6 is 12.6 Å². The van der Waals surface area contributed by atoms with Crippen molar-refractivity contribution in [3.05, 3.63) is 11.8 Å². The minimum absolute atomic E-state index is 0.0185. The maximum Gasteiger partial charge on any atom is 0.388 e. The third-order valence-corrected chi connectivity index (χ3v) is 1.40. The predicted molar refractivity (Wildman–Crippen MR) is 37.9 cm³/mol. The lowest BCUT2D eigenvalue weighted by molar-refractivity contribution is -0.0533. The molecule has 0 atom stereocenters. The number of alkyl halides is 2. The van der Waals surface area contributed by atoms with Gasteiger partial charge in [-0.15, -0.1) is 0 Å². The molecule has 1 N–H and O–H groups in total. The van der Waals surface area contributed by atoms with E-state index in [4.69, 9.17) is 0 Å². The number of aromatic nitrogens is 2. The molecule has 1 aromatic rings. The first-order chi connectivity index (χ1) is 5.24. The van der Waals surface area contributed by atoms with E-state index in [-0.39, 0.29) is 5.88 Å². The molecular formula is C5H6F2N2OS. The zero-order chi connectivity index (χ0) is 8.27. The van der Waals surface area contributed by atoms with Gasteiger partial charge in [-0.1, -0.05) is 0 Å². The molecule has 0 spiro atoms. The number of ether oxygens (including phenoxy) is 1. The van der Waals surface area contributed by atoms with Gasteiger partial charge in [-0.3, -0.25) is 0 Å². The molecule has 11 heavy (non-hydrogen) atoms. The molecule has 0 radical (unpaired) electrons. The van der Waals surface area contributed by atoms with E-state index in [2.05, 4.69) is 27.6 Å². The second-order valence-corrected chi connectivity index (χ2v) is 2.08. The Morgan fingerprint density at radius 2 is 2.45 bits per heavy atom. The van der Waals surface area contributed by atoms with E-state index in [9.17, 15) is 8.78 Å². The molecular weight excluding hydrogens is 174 g/mol. The Labute approximate surface area is 67.2 Å². The van der Waals surface area contributed by atoms with Crippen LogP contribution in [-0.2, 0) is 5.75 Å². The normalized spacial score (nSPS) is 10.5. The highest BCUT2D eigenvalue weighted by Crippen LogP contribution is 2.17. The first kappa shape index (κ1) is 8.32. The average Bonchev–Trinajstić information content (AvgIpc) is 2.34. The third kappa shape index (κ3) is 2.07. The summed E-state index contributed by atoms with van der Waals surface area (Å²) in [6.45, 7) is -2.82. The molecule has 0 saturated carbocycles. The summed E-state index contributed by atoms with van der Waals surface area (Å²) < 4.78 is 27.3. The third-order valence-electron chi connectivity index (χ3n) is 1.06. The zero-order valence-electron chi connectivity index (χ0n) is 5.42. The molecule has 1 aromatic heterocycles. The van der Waals surface area contributed by atoms with Gasteiger partial charge in [0.2, 0.25) is 5.88 Å². The summed E-state index contributed by atoms with van der Waals surface area (Å²) in [5, 5.41) is 5.80. The highest BCUT2D eigenvalue weighted by atomic mass is 32.1. The molecule has 0 saturated heterocycles. The smallest absolute Gasteiger partial charge is 0.388 e. The largest absolute Gasteiger partial charge is 0.417 e. The molecule has 0 unspecified atom stereocenters. The first-order valence-electron chi connectivity index (χ1n) is 2.82. The monoisotopic (exact) mass is 180 g/mol. The van der Waals surface area contributed by atoms with Crippen LogP contribution in [0.1, 0.15) is 5.56 Å². The van der Waals surface area contributed by atoms with Crippen molar-refractivity contribution in [2.24, 2.45) is 0 Å². The van der Waals surface area contributed by atoms with Gasteiger partial charge < -0.3 is 4.74 Å². The van der Waals surface area contributed by atoms with Gasteiger partial charge in [0.25, 0.3) is 0 Å². The topological polar surface area (TPSA) is 37.9 Å². The van der Waals surface area contributed by atoms with Crippen molar-refractivity contribution in [1.82, 2.24) is 10.2 Å². The Kier molecular flexibility index (Phi) is 2.70. The average molecular weight is 180 g/mol. The van der Waals surface area contributed by atoms with E-state index in [1.165, 1.54) is 6.20 Å². The molecule has 1 heterocycles. The van der Waals surface area contributed by atoms with E-state index in [1.54, 1.807) is 0 Å². The van der Waals surface area contributed by atoms with E-state index in [0.717, 1.165) is 0 Å². The number of hydrogen-bond donors (Lipinski definition) is 2. The van der Waals surface area contributed by atoms with Crippen molar-refractivity contribution in [2.45, 2.75) is 12.4 Å². The van der Waals surface area contributed by atoms with Gasteiger partial charge in [-0.2, -0.15) is 26.5 Å². The van der Waals surface area contributed by atoms with Crippen LogP contribution in [0.2, 0.25) is 0 Å². The Hall–Kier alpha value is -0.780. The molecule has 1 rings (SSSR count). The fourth-order valence-electron chi connectivity index (χ4n) is 0.603. The van der Waals surface area contributed by atoms with Gasteiger partial charge in [-0.05, 0) is 0 Å². The van der Waals surface area contributed by atoms with Crippen LogP contribution in [0.25, 0.3) is 0 Å². The van der Waals surface area contributed by atoms with Gasteiger partial charge in [0.1, 0.15) is 0 Å². The molecule has 62 valence electrons. The lowest BCUT2D eigenvalue weighted by Gasteiger charge is -2.01. The summed E-state index contributed by atoms with van der Waals surface area (Å²) >= 11 is 3.88. The van der Waals surface area contributed by atoms with Crippen LogP contribution in [0, 0.1) is 0 Å². The lowest BCUT2D eigenvalue weighted by Crippen LogP contribution is -2.03. The number of H-pyrrole nitrogens is 1. The highest BCUT2D eigenvalue weighted by Gasteiger charge is 2.09. The summed E-state index contributed by atoms with van der Waals surface area (Å²) in [5.74, 6) is 0.299. The molecule has 0 bridgehead atoms. The van der Waals surface area contributed by atoms with Crippen LogP contribution in [0.15, 0.2) is 6.20 Å². The van der Waals surface area contributed by atoms with Crippen LogP contribution < -0.4 is 4.74 Å². The van der Waals surface area contributed by atoms with Gasteiger partial charge in [0, 0.05) is 11.3 Å². The summed E-state index contributed by atoms with van der Waals surface area (Å²) in [6, 6.07) is 0. The Balaban J connectivity index is 2.68. The van der Waals surface area contributed by atoms with E-state index >= 15 is 0 Å². The van der Waals surface area contributed by atoms with E-state index in [0.29, 0.717) is 11.3 Å². The minimum Gasteiger partial charge on any atom is -0.417 e. The number of rotatable bonds is 3. The number of nitrogens with one attached hydrogen (secondary N) is 1. The van der Waals surface area contributed by atoms with Crippen molar-refractivity contribution >= 4 is 12.6 Å². The minimum atomic E-state index is -2.82. The summed E-state index contributed by atoms with van der Waals surface area (Å²) in [5.41, 5.74) is 0.522. The number of aromatic amines is 1. The van der Waals surface area contributed by atoms with Crippen LogP contribution in [0.4, 0.5) is 8.78 Å². The number of halogens is 2. The van der Waals surface area contributed by atoms with Gasteiger partial charge in [-0.25, -0.2) is 5.10 Å². The Bertz CT molecular complexity index is 228. The second kappa shape index (κ2) is 3.56. The quantitative estimate of drug-likeness (QED) is 0.691. The lowest BCUT2D eigenvalue weighted by atomic mass is 10.4. The molecule has 0 aliphatic rings. The van der Waals surface area contributed by atoms with Crippen molar-refractivity contribution in [2.75, 3.05) is 0 Å². The van der Waals surface area contributed by atoms with Crippen LogP contribution in [-0.4, -0.2) is 16.8 Å². The Morgan fingerprint density at radius 1 is 1.73 bits per heavy atom. The molecule has 3 nitrogen and oxygen atoms in total. The van der Waals surface area contributed by atoms with Crippen LogP contribution in [0.5, 0.6) is 5.88 Å². The van der Waals surface area contributed by atoms with Crippen molar-refractivity contribution in [3.63, 3.8) is 0 Å². The molecule has 0 aliphatic heterocycles. The number of nitrogens with zero attached hydrogens (tertiary/aromatic N) is 1. The molecule has 0 aliphatic carbocycles. The maximum atomic E-state index is 11.6. The highest BCUT2D eigenvalue weighted by molar-refractivity contribution is 7.79. The van der Waals surface area contributed by atoms with Crippen molar-refractivity contribution < 1.29 is 13.5 Å². The van der Waals surface area contributed by atoms with Gasteiger partial charge in [0.15, 0.2) is 0 Å². The predicted octanol–water partition coefficient (Wildman–Crippen LogP) is 1.44. The first-order valence-corrected chi connectivity index (χ1v) is 3.45. The Morgan fingerprint density at radius 3 is 3.00 bits per heavy atom. The second-order valence-electron chi connectivity index (χ2n) is 1.76. The van der Waals surface area contributed by atoms with Crippen LogP contribution in [0.3, 0.4) is 0 Å². The molecule has 6 heteroatoms. The summed E-state index contributed by atoms with van der Waals surface area (Å²) in [4.78, 5) is 0. The molecule has 0 fully saturated rings. The van der Waals surface area contributed by atoms with Gasteiger partial charge >= 0.3 is 6.61 Å². The SMILES string of the molecule is FC(F)Oc1[nH]ncc1CS. The fraction of sp³-hybridized carbons (Fsp3) is 0.400. The standard InChI is InChI=1S/C5H6F2N2OS/c6-5(7)10-4-3(2-11)1-8-9-4/h1,5,11H,2H2,(H,8,9). The van der Waals surface area contributed by atoms with E-state index in [1.807, 2.05) is 0 Å². The summed E-state index contributed by atoms with van der Waals surface area (Å²) in [7, 11) is 0. The van der Waals surface area contributed by atoms with Crippen molar-refractivity contribution in [1.29, 1.82) is 0 Å².